The Bertz CT molecular complexity index is 1170. The Hall–Kier alpha value is -3.02. The molecule has 5 nitrogen and oxygen atoms in total. The normalized spacial score (nSPS) is 15.4. The predicted molar refractivity (Wildman–Crippen MR) is 111 cm³/mol. The Labute approximate surface area is 163 Å². The number of nitrogens with zero attached hydrogens (tertiary/aromatic N) is 1. The number of carbonyl (C=O) groups excluding carboxylic acids is 1. The minimum Gasteiger partial charge on any atom is -0.422 e. The van der Waals surface area contributed by atoms with Gasteiger partial charge in [0.15, 0.2) is 0 Å². The van der Waals surface area contributed by atoms with E-state index in [1.807, 2.05) is 0 Å². The van der Waals surface area contributed by atoms with E-state index in [9.17, 15) is 9.59 Å². The smallest absolute Gasteiger partial charge is 0.349 e. The third-order valence-electron chi connectivity index (χ3n) is 5.60. The molecule has 28 heavy (non-hydrogen) atoms. The molecule has 3 aromatic rings. The fraction of sp³-hybridized carbons (Fsp3) is 0.273. The molecule has 0 bridgehead atoms. The largest absolute Gasteiger partial charge is 0.422 e. The molecule has 1 N–H and O–H groups in total. The molecule has 6 heteroatoms. The molecule has 0 aliphatic carbocycles. The summed E-state index contributed by atoms with van der Waals surface area (Å²) in [6.45, 7) is 2.10. The standard InChI is InChI=1S/C22H19BN2O3/c23-15-5-1-6-16(12-15)24-21(26)18-11-14-10-13-4-2-8-25-9-3-7-17(19(13)25)20(14)28-22(18)27/h1,5-6,10-12H,2-4,7-9H2,(H,24,26). The quantitative estimate of drug-likeness (QED) is 0.556. The van der Waals surface area contributed by atoms with Crippen LogP contribution in [0.25, 0.3) is 11.0 Å². The van der Waals surface area contributed by atoms with Crippen molar-refractivity contribution in [2.45, 2.75) is 25.7 Å². The van der Waals surface area contributed by atoms with E-state index >= 15 is 0 Å². The number of rotatable bonds is 2. The first-order chi connectivity index (χ1) is 13.6. The van der Waals surface area contributed by atoms with E-state index in [0.717, 1.165) is 49.7 Å². The van der Waals surface area contributed by atoms with Crippen LogP contribution in [0.4, 0.5) is 11.4 Å². The first-order valence-electron chi connectivity index (χ1n) is 9.64. The van der Waals surface area contributed by atoms with E-state index in [4.69, 9.17) is 12.3 Å². The summed E-state index contributed by atoms with van der Waals surface area (Å²) in [7, 11) is 5.76. The molecule has 2 radical (unpaired) electrons. The van der Waals surface area contributed by atoms with Gasteiger partial charge in [-0.3, -0.25) is 4.79 Å². The Morgan fingerprint density at radius 3 is 2.75 bits per heavy atom. The Morgan fingerprint density at radius 1 is 1.11 bits per heavy atom. The van der Waals surface area contributed by atoms with Crippen molar-refractivity contribution >= 4 is 41.6 Å². The summed E-state index contributed by atoms with van der Waals surface area (Å²) >= 11 is 0. The zero-order valence-electron chi connectivity index (χ0n) is 15.5. The van der Waals surface area contributed by atoms with Crippen LogP contribution < -0.4 is 21.3 Å². The Balaban J connectivity index is 1.60. The summed E-state index contributed by atoms with van der Waals surface area (Å²) < 4.78 is 5.68. The lowest BCUT2D eigenvalue weighted by Crippen LogP contribution is -2.34. The summed E-state index contributed by atoms with van der Waals surface area (Å²) in [5.41, 5.74) is 4.73. The molecule has 138 valence electrons. The van der Waals surface area contributed by atoms with Crippen LogP contribution in [0, 0.1) is 0 Å². The number of amides is 1. The van der Waals surface area contributed by atoms with Gasteiger partial charge in [0.2, 0.25) is 0 Å². The summed E-state index contributed by atoms with van der Waals surface area (Å²) in [5, 5.41) is 3.54. The summed E-state index contributed by atoms with van der Waals surface area (Å²) in [4.78, 5) is 27.7. The lowest BCUT2D eigenvalue weighted by Gasteiger charge is -2.37. The van der Waals surface area contributed by atoms with E-state index in [1.165, 1.54) is 11.3 Å². The molecule has 1 amide bonds. The number of anilines is 2. The number of nitrogens with one attached hydrogen (secondary N) is 1. The van der Waals surface area contributed by atoms with Crippen LogP contribution in [0.3, 0.4) is 0 Å². The van der Waals surface area contributed by atoms with Gasteiger partial charge < -0.3 is 14.6 Å². The molecule has 2 aromatic carbocycles. The fourth-order valence-electron chi connectivity index (χ4n) is 4.42. The van der Waals surface area contributed by atoms with E-state index in [-0.39, 0.29) is 5.56 Å². The topological polar surface area (TPSA) is 62.6 Å². The minimum absolute atomic E-state index is 0.00514. The average molecular weight is 370 g/mol. The molecular formula is C22H19BN2O3. The lowest BCUT2D eigenvalue weighted by atomic mass is 9.90. The third kappa shape index (κ3) is 2.80. The number of aryl methyl sites for hydroxylation is 2. The van der Waals surface area contributed by atoms with Gasteiger partial charge in [-0.15, -0.1) is 0 Å². The van der Waals surface area contributed by atoms with Gasteiger partial charge in [0.1, 0.15) is 19.0 Å². The van der Waals surface area contributed by atoms with Crippen molar-refractivity contribution in [1.29, 1.82) is 0 Å². The molecule has 0 spiro atoms. The van der Waals surface area contributed by atoms with Gasteiger partial charge in [0.25, 0.3) is 5.91 Å². The van der Waals surface area contributed by atoms with Gasteiger partial charge in [-0.05, 0) is 55.5 Å². The van der Waals surface area contributed by atoms with E-state index in [0.29, 0.717) is 16.7 Å². The monoisotopic (exact) mass is 370 g/mol. The van der Waals surface area contributed by atoms with Crippen LogP contribution in [0.2, 0.25) is 0 Å². The minimum atomic E-state index is -0.613. The van der Waals surface area contributed by atoms with Gasteiger partial charge >= 0.3 is 5.63 Å². The second kappa shape index (κ2) is 6.55. The van der Waals surface area contributed by atoms with Crippen LogP contribution >= 0.6 is 0 Å². The molecule has 0 atom stereocenters. The molecule has 0 saturated heterocycles. The number of hydrogen-bond donors (Lipinski definition) is 1. The van der Waals surface area contributed by atoms with Crippen molar-refractivity contribution in [2.75, 3.05) is 23.3 Å². The highest BCUT2D eigenvalue weighted by Crippen LogP contribution is 2.39. The number of hydrogen-bond acceptors (Lipinski definition) is 4. The Kier molecular flexibility index (Phi) is 4.00. The number of fused-ring (bicyclic) bond motifs is 2. The SMILES string of the molecule is [B]c1cccc(NC(=O)c2cc3cc4c5c(c3oc2=O)CCCN5CCC4)c1. The van der Waals surface area contributed by atoms with E-state index < -0.39 is 11.5 Å². The average Bonchev–Trinajstić information content (AvgIpc) is 2.68. The molecule has 5 rings (SSSR count). The summed E-state index contributed by atoms with van der Waals surface area (Å²) in [6, 6.07) is 10.6. The highest BCUT2D eigenvalue weighted by atomic mass is 16.4. The zero-order chi connectivity index (χ0) is 19.3. The van der Waals surface area contributed by atoms with Gasteiger partial charge in [-0.2, -0.15) is 0 Å². The van der Waals surface area contributed by atoms with Gasteiger partial charge in [-0.1, -0.05) is 17.6 Å². The first kappa shape index (κ1) is 17.1. The maximum Gasteiger partial charge on any atom is 0.349 e. The first-order valence-corrected chi connectivity index (χ1v) is 9.64. The van der Waals surface area contributed by atoms with E-state index in [2.05, 4.69) is 16.3 Å². The zero-order valence-corrected chi connectivity index (χ0v) is 15.5. The molecule has 0 saturated carbocycles. The number of benzene rings is 2. The molecule has 0 fully saturated rings. The summed E-state index contributed by atoms with van der Waals surface area (Å²) in [5.74, 6) is -0.491. The van der Waals surface area contributed by atoms with Crippen molar-refractivity contribution in [3.05, 3.63) is 63.5 Å². The van der Waals surface area contributed by atoms with Gasteiger partial charge in [0, 0.05) is 35.4 Å². The van der Waals surface area contributed by atoms with Crippen LogP contribution in [0.5, 0.6) is 0 Å². The number of carbonyl (C=O) groups is 1. The second-order valence-electron chi connectivity index (χ2n) is 7.50. The van der Waals surface area contributed by atoms with Crippen molar-refractivity contribution in [2.24, 2.45) is 0 Å². The van der Waals surface area contributed by atoms with Gasteiger partial charge in [0.05, 0.1) is 0 Å². The van der Waals surface area contributed by atoms with Crippen molar-refractivity contribution in [3.8, 4) is 0 Å². The summed E-state index contributed by atoms with van der Waals surface area (Å²) in [6.07, 6.45) is 4.08. The maximum atomic E-state index is 12.7. The van der Waals surface area contributed by atoms with Crippen molar-refractivity contribution in [3.63, 3.8) is 0 Å². The molecule has 0 unspecified atom stereocenters. The van der Waals surface area contributed by atoms with Gasteiger partial charge in [-0.25, -0.2) is 4.79 Å². The third-order valence-corrected chi connectivity index (χ3v) is 5.60. The predicted octanol–water partition coefficient (Wildman–Crippen LogP) is 2.54. The molecule has 3 heterocycles. The van der Waals surface area contributed by atoms with Crippen LogP contribution in [0.1, 0.15) is 34.3 Å². The maximum absolute atomic E-state index is 12.7. The van der Waals surface area contributed by atoms with Crippen LogP contribution in [0.15, 0.2) is 45.6 Å². The fourth-order valence-corrected chi connectivity index (χ4v) is 4.42. The van der Waals surface area contributed by atoms with Crippen LogP contribution in [-0.2, 0) is 12.8 Å². The lowest BCUT2D eigenvalue weighted by molar-refractivity contribution is 0.102. The van der Waals surface area contributed by atoms with Crippen LogP contribution in [-0.4, -0.2) is 26.8 Å². The molecular weight excluding hydrogens is 351 g/mol. The highest BCUT2D eigenvalue weighted by Gasteiger charge is 2.27. The molecule has 2 aliphatic rings. The second-order valence-corrected chi connectivity index (χ2v) is 7.50. The van der Waals surface area contributed by atoms with E-state index in [1.54, 1.807) is 30.3 Å². The highest BCUT2D eigenvalue weighted by molar-refractivity contribution is 6.32. The molecule has 2 aliphatic heterocycles. The van der Waals surface area contributed by atoms with Crippen molar-refractivity contribution in [1.82, 2.24) is 0 Å². The molecule has 1 aromatic heterocycles. The van der Waals surface area contributed by atoms with Crippen molar-refractivity contribution < 1.29 is 9.21 Å². The Morgan fingerprint density at radius 2 is 1.93 bits per heavy atom.